The number of rotatable bonds is 6. The Balaban J connectivity index is 0.00000172. The quantitative estimate of drug-likeness (QED) is 0.250. The Morgan fingerprint density at radius 2 is 1.67 bits per heavy atom. The van der Waals surface area contributed by atoms with Crippen molar-refractivity contribution in [1.82, 2.24) is 4.98 Å². The molecule has 0 aliphatic carbocycles. The lowest BCUT2D eigenvalue weighted by atomic mass is 9.82. The first-order valence-corrected chi connectivity index (χ1v) is 14.7. The molecule has 0 spiro atoms. The van der Waals surface area contributed by atoms with Crippen molar-refractivity contribution in [3.63, 3.8) is 0 Å². The largest absolute Gasteiger partial charge is 0.496 e. The number of ether oxygens (including phenoxy) is 2. The zero-order valence-corrected chi connectivity index (χ0v) is 24.7. The van der Waals surface area contributed by atoms with Crippen LogP contribution in [0.3, 0.4) is 0 Å². The first-order valence-electron chi connectivity index (χ1n) is 13.5. The van der Waals surface area contributed by atoms with Crippen molar-refractivity contribution in [2.45, 2.75) is 46.6 Å². The fraction of sp³-hybridized carbons (Fsp3) is 0.265. The highest BCUT2D eigenvalue weighted by Gasteiger charge is 2.25. The van der Waals surface area contributed by atoms with E-state index in [0.717, 1.165) is 56.3 Å². The second-order valence-corrected chi connectivity index (χ2v) is 11.5. The van der Waals surface area contributed by atoms with Gasteiger partial charge in [-0.15, -0.1) is 0 Å². The number of hydrogen-bond donors (Lipinski definition) is 1. The third-order valence-electron chi connectivity index (χ3n) is 6.59. The molecular formula is C34H38NO3P. The number of benzene rings is 3. The molecule has 1 atom stereocenters. The molecule has 0 amide bonds. The highest BCUT2D eigenvalue weighted by molar-refractivity contribution is 7.43. The van der Waals surface area contributed by atoms with Gasteiger partial charge in [0, 0.05) is 22.1 Å². The third kappa shape index (κ3) is 6.34. The SMILES string of the molecule is CC.COc1c(-c2cc3ccccc3c(=O)[nH]2)cc(C2=C(OCc3ccccc3)PCC=C2)cc1C(C)(C)C. The van der Waals surface area contributed by atoms with E-state index in [1.54, 1.807) is 7.11 Å². The summed E-state index contributed by atoms with van der Waals surface area (Å²) in [6.45, 7) is 11.1. The minimum absolute atomic E-state index is 0.108. The van der Waals surface area contributed by atoms with E-state index in [0.29, 0.717) is 20.6 Å². The molecule has 1 aromatic heterocycles. The van der Waals surface area contributed by atoms with Gasteiger partial charge in [-0.2, -0.15) is 0 Å². The van der Waals surface area contributed by atoms with Crippen LogP contribution in [-0.4, -0.2) is 18.3 Å². The summed E-state index contributed by atoms with van der Waals surface area (Å²) in [4.78, 5) is 16.1. The minimum Gasteiger partial charge on any atom is -0.496 e. The summed E-state index contributed by atoms with van der Waals surface area (Å²) in [6, 6.07) is 24.3. The van der Waals surface area contributed by atoms with Crippen molar-refractivity contribution in [2.24, 2.45) is 0 Å². The van der Waals surface area contributed by atoms with Gasteiger partial charge < -0.3 is 14.5 Å². The molecule has 0 saturated carbocycles. The lowest BCUT2D eigenvalue weighted by molar-refractivity contribution is 0.226. The molecule has 202 valence electrons. The van der Waals surface area contributed by atoms with Crippen molar-refractivity contribution >= 4 is 24.9 Å². The summed E-state index contributed by atoms with van der Waals surface area (Å²) in [5, 5.41) is 1.57. The molecule has 2 heterocycles. The van der Waals surface area contributed by atoms with E-state index < -0.39 is 0 Å². The summed E-state index contributed by atoms with van der Waals surface area (Å²) >= 11 is 0. The molecule has 3 aromatic carbocycles. The van der Waals surface area contributed by atoms with Crippen molar-refractivity contribution in [3.05, 3.63) is 117 Å². The second kappa shape index (κ2) is 12.5. The Bertz CT molecular complexity index is 1560. The van der Waals surface area contributed by atoms with E-state index in [1.165, 1.54) is 0 Å². The molecular weight excluding hydrogens is 501 g/mol. The van der Waals surface area contributed by atoms with Gasteiger partial charge in [-0.05, 0) is 60.9 Å². The topological polar surface area (TPSA) is 51.3 Å². The maximum Gasteiger partial charge on any atom is 0.256 e. The van der Waals surface area contributed by atoms with E-state index in [-0.39, 0.29) is 11.0 Å². The molecule has 1 N–H and O–H groups in total. The fourth-order valence-electron chi connectivity index (χ4n) is 4.70. The molecule has 1 aliphatic rings. The van der Waals surface area contributed by atoms with Crippen LogP contribution in [0.4, 0.5) is 0 Å². The number of methoxy groups -OCH3 is 1. The van der Waals surface area contributed by atoms with Gasteiger partial charge in [-0.1, -0.05) is 95.3 Å². The Labute approximate surface area is 233 Å². The Morgan fingerprint density at radius 3 is 2.38 bits per heavy atom. The van der Waals surface area contributed by atoms with E-state index in [2.05, 4.69) is 62.2 Å². The summed E-state index contributed by atoms with van der Waals surface area (Å²) in [6.07, 6.45) is 5.35. The highest BCUT2D eigenvalue weighted by Crippen LogP contribution is 2.44. The average Bonchev–Trinajstić information content (AvgIpc) is 2.96. The van der Waals surface area contributed by atoms with E-state index in [4.69, 9.17) is 9.47 Å². The number of H-pyrrole nitrogens is 1. The second-order valence-electron chi connectivity index (χ2n) is 10.3. The van der Waals surface area contributed by atoms with Crippen molar-refractivity contribution < 1.29 is 9.47 Å². The van der Waals surface area contributed by atoms with Gasteiger partial charge in [0.2, 0.25) is 0 Å². The number of aromatic amines is 1. The average molecular weight is 540 g/mol. The van der Waals surface area contributed by atoms with Crippen LogP contribution in [0.2, 0.25) is 0 Å². The third-order valence-corrected chi connectivity index (χ3v) is 7.77. The van der Waals surface area contributed by atoms with Gasteiger partial charge in [0.05, 0.1) is 12.8 Å². The molecule has 4 nitrogen and oxygen atoms in total. The summed E-state index contributed by atoms with van der Waals surface area (Å²) in [5.74, 6) is 0.775. The van der Waals surface area contributed by atoms with Gasteiger partial charge in [-0.25, -0.2) is 0 Å². The smallest absolute Gasteiger partial charge is 0.256 e. The zero-order valence-electron chi connectivity index (χ0n) is 23.7. The van der Waals surface area contributed by atoms with Crippen LogP contribution >= 0.6 is 8.58 Å². The van der Waals surface area contributed by atoms with Gasteiger partial charge in [-0.3, -0.25) is 4.79 Å². The van der Waals surface area contributed by atoms with Gasteiger partial charge in [0.1, 0.15) is 17.9 Å². The van der Waals surface area contributed by atoms with Crippen LogP contribution < -0.4 is 10.3 Å². The van der Waals surface area contributed by atoms with E-state index >= 15 is 0 Å². The van der Waals surface area contributed by atoms with E-state index in [1.807, 2.05) is 62.4 Å². The minimum atomic E-state index is -0.181. The summed E-state index contributed by atoms with van der Waals surface area (Å²) in [5.41, 5.74) is 6.69. The standard InChI is InChI=1S/C32H32NO3P.C2H6/c1-32(2,3)27-18-23(25-15-10-16-37-31(25)36-20-21-11-6-5-7-12-21)17-26(29(27)35-4)28-19-22-13-8-9-14-24(22)30(34)33-28;1-2/h5-15,17-19,37H,16,20H2,1-4H3,(H,33,34);1-2H3. The molecule has 4 aromatic rings. The predicted molar refractivity (Wildman–Crippen MR) is 167 cm³/mol. The van der Waals surface area contributed by atoms with Crippen LogP contribution in [0.15, 0.2) is 95.2 Å². The lowest BCUT2D eigenvalue weighted by Gasteiger charge is -2.26. The van der Waals surface area contributed by atoms with Crippen LogP contribution in [-0.2, 0) is 16.8 Å². The molecule has 0 radical (unpaired) electrons. The fourth-order valence-corrected chi connectivity index (χ4v) is 5.72. The summed E-state index contributed by atoms with van der Waals surface area (Å²) in [7, 11) is 2.26. The molecule has 1 unspecified atom stereocenters. The van der Waals surface area contributed by atoms with Gasteiger partial charge >= 0.3 is 0 Å². The molecule has 1 aliphatic heterocycles. The lowest BCUT2D eigenvalue weighted by Crippen LogP contribution is -2.15. The van der Waals surface area contributed by atoms with Gasteiger partial charge in [0.25, 0.3) is 5.56 Å². The number of hydrogen-bond acceptors (Lipinski definition) is 3. The molecule has 0 fully saturated rings. The van der Waals surface area contributed by atoms with Crippen LogP contribution in [0, 0.1) is 0 Å². The van der Waals surface area contributed by atoms with Crippen molar-refractivity contribution in [3.8, 4) is 17.0 Å². The molecule has 0 bridgehead atoms. The maximum atomic E-state index is 13.0. The first kappa shape index (κ1) is 28.4. The van der Waals surface area contributed by atoms with E-state index in [9.17, 15) is 4.79 Å². The zero-order chi connectivity index (χ0) is 28.0. The summed E-state index contributed by atoms with van der Waals surface area (Å²) < 4.78 is 12.4. The Hall–Kier alpha value is -3.62. The van der Waals surface area contributed by atoms with Crippen molar-refractivity contribution in [1.29, 1.82) is 0 Å². The molecule has 0 saturated heterocycles. The van der Waals surface area contributed by atoms with Gasteiger partial charge in [0.15, 0.2) is 0 Å². The number of pyridine rings is 1. The number of allylic oxidation sites excluding steroid dienone is 3. The number of nitrogens with one attached hydrogen (secondary N) is 1. The molecule has 5 heteroatoms. The Morgan fingerprint density at radius 1 is 0.949 bits per heavy atom. The molecule has 5 rings (SSSR count). The van der Waals surface area contributed by atoms with Crippen LogP contribution in [0.5, 0.6) is 5.75 Å². The monoisotopic (exact) mass is 539 g/mol. The number of aromatic nitrogens is 1. The van der Waals surface area contributed by atoms with Crippen LogP contribution in [0.25, 0.3) is 27.6 Å². The molecule has 39 heavy (non-hydrogen) atoms. The normalized spacial score (nSPS) is 13.8. The number of fused-ring (bicyclic) bond motifs is 1. The van der Waals surface area contributed by atoms with Crippen molar-refractivity contribution in [2.75, 3.05) is 13.3 Å². The highest BCUT2D eigenvalue weighted by atomic mass is 31.1. The Kier molecular flexibility index (Phi) is 9.09. The first-order chi connectivity index (χ1) is 18.8. The maximum absolute atomic E-state index is 13.0. The van der Waals surface area contributed by atoms with Crippen LogP contribution in [0.1, 0.15) is 51.3 Å². The predicted octanol–water partition coefficient (Wildman–Crippen LogP) is 8.66.